The van der Waals surface area contributed by atoms with Crippen molar-refractivity contribution in [1.82, 2.24) is 10.2 Å². The van der Waals surface area contributed by atoms with Crippen LogP contribution >= 0.6 is 0 Å². The zero-order valence-corrected chi connectivity index (χ0v) is 14.4. The molecule has 0 radical (unpaired) electrons. The highest BCUT2D eigenvalue weighted by atomic mass is 16.2. The molecule has 1 fully saturated rings. The summed E-state index contributed by atoms with van der Waals surface area (Å²) in [5.41, 5.74) is 2.56. The number of fused-ring (bicyclic) bond motifs is 1. The summed E-state index contributed by atoms with van der Waals surface area (Å²) in [5, 5.41) is 5.85. The van der Waals surface area contributed by atoms with Crippen LogP contribution in [-0.2, 0) is 11.2 Å². The number of nitrogens with zero attached hydrogens (tertiary/aromatic N) is 1. The number of rotatable bonds is 5. The molecule has 3 rings (SSSR count). The van der Waals surface area contributed by atoms with Gasteiger partial charge in [0.25, 0.3) is 5.91 Å². The molecule has 2 heterocycles. The van der Waals surface area contributed by atoms with E-state index in [1.165, 1.54) is 25.9 Å². The predicted octanol–water partition coefficient (Wildman–Crippen LogP) is 2.42. The van der Waals surface area contributed by atoms with Gasteiger partial charge in [-0.2, -0.15) is 0 Å². The molecule has 1 saturated heterocycles. The van der Waals surface area contributed by atoms with Gasteiger partial charge in [0.05, 0.1) is 0 Å². The van der Waals surface area contributed by atoms with Gasteiger partial charge in [0, 0.05) is 24.2 Å². The van der Waals surface area contributed by atoms with E-state index < -0.39 is 0 Å². The number of likely N-dealkylation sites (tertiary alicyclic amines) is 1. The molecule has 0 saturated carbocycles. The highest BCUT2D eigenvalue weighted by Crippen LogP contribution is 2.23. The Balaban J connectivity index is 1.43. The van der Waals surface area contributed by atoms with Gasteiger partial charge in [-0.25, -0.2) is 0 Å². The molecule has 0 aromatic heterocycles. The number of nitrogens with one attached hydrogen (secondary N) is 2. The molecule has 0 atom stereocenters. The fraction of sp³-hybridized carbons (Fsp3) is 0.579. The fourth-order valence-electron chi connectivity index (χ4n) is 3.42. The van der Waals surface area contributed by atoms with Crippen LogP contribution in [0, 0.1) is 5.92 Å². The lowest BCUT2D eigenvalue weighted by Crippen LogP contribution is -2.35. The predicted molar refractivity (Wildman–Crippen MR) is 95.2 cm³/mol. The molecule has 0 aliphatic carbocycles. The number of benzene rings is 1. The van der Waals surface area contributed by atoms with Gasteiger partial charge in [0.15, 0.2) is 0 Å². The van der Waals surface area contributed by atoms with Crippen molar-refractivity contribution in [2.75, 3.05) is 31.5 Å². The van der Waals surface area contributed by atoms with Crippen LogP contribution in [0.15, 0.2) is 18.2 Å². The van der Waals surface area contributed by atoms with Gasteiger partial charge in [0.1, 0.15) is 0 Å². The minimum atomic E-state index is -0.0260. The van der Waals surface area contributed by atoms with Gasteiger partial charge in [-0.15, -0.1) is 0 Å². The van der Waals surface area contributed by atoms with E-state index in [4.69, 9.17) is 0 Å². The van der Waals surface area contributed by atoms with Crippen molar-refractivity contribution in [3.63, 3.8) is 0 Å². The SMILES string of the molecule is CC1CCN(CCCNC(=O)c2ccc3c(c2)CCC(=O)N3)CC1. The average molecular weight is 329 g/mol. The van der Waals surface area contributed by atoms with Crippen molar-refractivity contribution < 1.29 is 9.59 Å². The molecule has 2 N–H and O–H groups in total. The van der Waals surface area contributed by atoms with Crippen molar-refractivity contribution in [1.29, 1.82) is 0 Å². The van der Waals surface area contributed by atoms with E-state index in [-0.39, 0.29) is 11.8 Å². The Labute approximate surface area is 143 Å². The van der Waals surface area contributed by atoms with Crippen LogP contribution in [0.2, 0.25) is 0 Å². The summed E-state index contributed by atoms with van der Waals surface area (Å²) in [6, 6.07) is 5.51. The summed E-state index contributed by atoms with van der Waals surface area (Å²) in [4.78, 5) is 26.1. The van der Waals surface area contributed by atoms with Crippen molar-refractivity contribution in [2.45, 2.75) is 39.0 Å². The second kappa shape index (κ2) is 7.79. The van der Waals surface area contributed by atoms with Crippen LogP contribution in [-0.4, -0.2) is 42.9 Å². The fourth-order valence-corrected chi connectivity index (χ4v) is 3.42. The van der Waals surface area contributed by atoms with Crippen molar-refractivity contribution >= 4 is 17.5 Å². The number of amides is 2. The molecule has 5 heteroatoms. The Morgan fingerprint density at radius 1 is 1.29 bits per heavy atom. The summed E-state index contributed by atoms with van der Waals surface area (Å²) < 4.78 is 0. The maximum absolute atomic E-state index is 12.3. The third-order valence-electron chi connectivity index (χ3n) is 5.08. The molecular formula is C19H27N3O2. The Bertz CT molecular complexity index is 607. The Kier molecular flexibility index (Phi) is 5.51. The molecule has 1 aromatic carbocycles. The van der Waals surface area contributed by atoms with E-state index in [0.717, 1.165) is 30.1 Å². The lowest BCUT2D eigenvalue weighted by Gasteiger charge is -2.30. The first-order valence-corrected chi connectivity index (χ1v) is 9.05. The Morgan fingerprint density at radius 3 is 2.88 bits per heavy atom. The number of aryl methyl sites for hydroxylation is 1. The molecule has 2 aliphatic rings. The Hall–Kier alpha value is -1.88. The maximum Gasteiger partial charge on any atom is 0.251 e. The Morgan fingerprint density at radius 2 is 2.08 bits per heavy atom. The zero-order valence-electron chi connectivity index (χ0n) is 14.4. The monoisotopic (exact) mass is 329 g/mol. The molecule has 130 valence electrons. The first-order chi connectivity index (χ1) is 11.6. The highest BCUT2D eigenvalue weighted by Gasteiger charge is 2.17. The number of hydrogen-bond donors (Lipinski definition) is 2. The minimum absolute atomic E-state index is 0.0260. The largest absolute Gasteiger partial charge is 0.352 e. The summed E-state index contributed by atoms with van der Waals surface area (Å²) in [5.74, 6) is 0.878. The first kappa shape index (κ1) is 17.0. The lowest BCUT2D eigenvalue weighted by atomic mass is 9.99. The molecule has 2 aliphatic heterocycles. The first-order valence-electron chi connectivity index (χ1n) is 9.05. The number of carbonyl (C=O) groups excluding carboxylic acids is 2. The van der Waals surface area contributed by atoms with Crippen molar-refractivity contribution in [2.24, 2.45) is 5.92 Å². The van der Waals surface area contributed by atoms with E-state index in [9.17, 15) is 9.59 Å². The second-order valence-corrected chi connectivity index (χ2v) is 7.05. The lowest BCUT2D eigenvalue weighted by molar-refractivity contribution is -0.116. The number of anilines is 1. The molecular weight excluding hydrogens is 302 g/mol. The minimum Gasteiger partial charge on any atom is -0.352 e. The molecule has 0 unspecified atom stereocenters. The normalized spacial score (nSPS) is 18.8. The summed E-state index contributed by atoms with van der Waals surface area (Å²) >= 11 is 0. The molecule has 1 aromatic rings. The van der Waals surface area contributed by atoms with E-state index in [0.29, 0.717) is 24.9 Å². The number of piperidine rings is 1. The van der Waals surface area contributed by atoms with E-state index in [1.54, 1.807) is 6.07 Å². The van der Waals surface area contributed by atoms with Gasteiger partial charge in [-0.3, -0.25) is 9.59 Å². The number of carbonyl (C=O) groups is 2. The van der Waals surface area contributed by atoms with Crippen molar-refractivity contribution in [3.05, 3.63) is 29.3 Å². The topological polar surface area (TPSA) is 61.4 Å². The van der Waals surface area contributed by atoms with Gasteiger partial charge < -0.3 is 15.5 Å². The van der Waals surface area contributed by atoms with Crippen LogP contribution in [0.3, 0.4) is 0 Å². The van der Waals surface area contributed by atoms with E-state index in [2.05, 4.69) is 22.5 Å². The van der Waals surface area contributed by atoms with Gasteiger partial charge in [0.2, 0.25) is 5.91 Å². The van der Waals surface area contributed by atoms with Crippen molar-refractivity contribution in [3.8, 4) is 0 Å². The summed E-state index contributed by atoms with van der Waals surface area (Å²) in [6.07, 6.45) is 4.76. The number of hydrogen-bond acceptors (Lipinski definition) is 3. The average Bonchev–Trinajstić information content (AvgIpc) is 2.59. The van der Waals surface area contributed by atoms with Gasteiger partial charge in [-0.05, 0) is 75.0 Å². The van der Waals surface area contributed by atoms with Crippen LogP contribution < -0.4 is 10.6 Å². The standard InChI is InChI=1S/C19H27N3O2/c1-14-7-11-22(12-8-14)10-2-9-20-19(24)16-3-5-17-15(13-16)4-6-18(23)21-17/h3,5,13-14H,2,4,6-12H2,1H3,(H,20,24)(H,21,23). The quantitative estimate of drug-likeness (QED) is 0.816. The molecule has 24 heavy (non-hydrogen) atoms. The van der Waals surface area contributed by atoms with Gasteiger partial charge >= 0.3 is 0 Å². The molecule has 5 nitrogen and oxygen atoms in total. The van der Waals surface area contributed by atoms with Crippen LogP contribution in [0.25, 0.3) is 0 Å². The maximum atomic E-state index is 12.3. The van der Waals surface area contributed by atoms with Crippen LogP contribution in [0.5, 0.6) is 0 Å². The third-order valence-corrected chi connectivity index (χ3v) is 5.08. The zero-order chi connectivity index (χ0) is 16.9. The summed E-state index contributed by atoms with van der Waals surface area (Å²) in [7, 11) is 0. The molecule has 0 spiro atoms. The van der Waals surface area contributed by atoms with Crippen LogP contribution in [0.1, 0.15) is 48.5 Å². The molecule has 2 amide bonds. The van der Waals surface area contributed by atoms with Crippen LogP contribution in [0.4, 0.5) is 5.69 Å². The van der Waals surface area contributed by atoms with E-state index in [1.807, 2.05) is 12.1 Å². The molecule has 0 bridgehead atoms. The second-order valence-electron chi connectivity index (χ2n) is 7.05. The van der Waals surface area contributed by atoms with Gasteiger partial charge in [-0.1, -0.05) is 6.92 Å². The highest BCUT2D eigenvalue weighted by molar-refractivity contribution is 5.97. The van der Waals surface area contributed by atoms with E-state index >= 15 is 0 Å². The smallest absolute Gasteiger partial charge is 0.251 e. The third kappa shape index (κ3) is 4.35. The summed E-state index contributed by atoms with van der Waals surface area (Å²) in [6.45, 7) is 6.46.